The van der Waals surface area contributed by atoms with Crippen molar-refractivity contribution >= 4 is 17.9 Å². The minimum absolute atomic E-state index is 0.156. The molecule has 0 aliphatic carbocycles. The summed E-state index contributed by atoms with van der Waals surface area (Å²) in [5.41, 5.74) is -0.667. The molecule has 0 amide bonds. The first kappa shape index (κ1) is 37.7. The maximum absolute atomic E-state index is 10.1. The van der Waals surface area contributed by atoms with Gasteiger partial charge in [-0.3, -0.25) is 14.7 Å². The first-order valence-corrected chi connectivity index (χ1v) is 9.87. The van der Waals surface area contributed by atoms with Crippen LogP contribution in [-0.4, -0.2) is 72.9 Å². The third kappa shape index (κ3) is 29.4. The largest absolute Gasteiger partial charge is 0.396 e. The molecule has 0 saturated carbocycles. The minimum atomic E-state index is -0.667. The third-order valence-corrected chi connectivity index (χ3v) is 3.03. The molecule has 0 unspecified atom stereocenters. The Hall–Kier alpha value is -2.61. The van der Waals surface area contributed by atoms with Gasteiger partial charge in [0.25, 0.3) is 0 Å². The lowest BCUT2D eigenvalue weighted by Crippen LogP contribution is -2.32. The normalized spacial score (nSPS) is 9.18. The zero-order valence-corrected chi connectivity index (χ0v) is 19.8. The van der Waals surface area contributed by atoms with Gasteiger partial charge in [0.15, 0.2) is 0 Å². The first-order valence-electron chi connectivity index (χ1n) is 9.87. The monoisotopic (exact) mass is 482 g/mol. The fraction of sp³-hybridized carbons (Fsp3) is 0.571. The highest BCUT2D eigenvalue weighted by molar-refractivity contribution is 5.81. The van der Waals surface area contributed by atoms with Gasteiger partial charge in [0, 0.05) is 23.6 Å². The summed E-state index contributed by atoms with van der Waals surface area (Å²) in [5.74, 6) is -1.69. The van der Waals surface area contributed by atoms with Crippen molar-refractivity contribution in [2.75, 3.05) is 39.6 Å². The summed E-state index contributed by atoms with van der Waals surface area (Å²) in [6.45, 7) is 17.1. The zero-order valence-electron chi connectivity index (χ0n) is 19.8. The van der Waals surface area contributed by atoms with Gasteiger partial charge in [0.2, 0.25) is 0 Å². The summed E-state index contributed by atoms with van der Waals surface area (Å²) in [4.78, 5) is 55.4. The lowest BCUT2D eigenvalue weighted by molar-refractivity contribution is -0.264. The van der Waals surface area contributed by atoms with Crippen molar-refractivity contribution in [1.82, 2.24) is 0 Å². The molecule has 0 bridgehead atoms. The number of carbonyl (C=O) groups excluding carboxylic acids is 3. The van der Waals surface area contributed by atoms with Gasteiger partial charge < -0.3 is 15.3 Å². The molecule has 0 aromatic rings. The van der Waals surface area contributed by atoms with Crippen LogP contribution in [0, 0.1) is 5.41 Å². The van der Waals surface area contributed by atoms with Crippen LogP contribution < -0.4 is 0 Å². The summed E-state index contributed by atoms with van der Waals surface area (Å²) in [5, 5.41) is 26.0. The SMILES string of the molecule is C=CC(=O)OOCC.C=CC(=O)OOCC.C=CC(=O)OOCC.CCC(CO)(CO)CO. The second kappa shape index (κ2) is 29.4. The summed E-state index contributed by atoms with van der Waals surface area (Å²) >= 11 is 0. The second-order valence-electron chi connectivity index (χ2n) is 5.37. The lowest BCUT2D eigenvalue weighted by Gasteiger charge is -2.24. The van der Waals surface area contributed by atoms with Gasteiger partial charge in [-0.2, -0.15) is 14.7 Å². The first-order chi connectivity index (χ1) is 15.7. The van der Waals surface area contributed by atoms with Gasteiger partial charge in [-0.1, -0.05) is 26.7 Å². The van der Waals surface area contributed by atoms with E-state index in [0.717, 1.165) is 18.2 Å². The number of aliphatic hydroxyl groups excluding tert-OH is 3. The zero-order chi connectivity index (χ0) is 26.5. The van der Waals surface area contributed by atoms with Crippen LogP contribution in [0.25, 0.3) is 0 Å². The predicted octanol–water partition coefficient (Wildman–Crippen LogP) is 1.36. The van der Waals surface area contributed by atoms with E-state index in [0.29, 0.717) is 26.2 Å². The van der Waals surface area contributed by atoms with Gasteiger partial charge >= 0.3 is 17.9 Å². The maximum atomic E-state index is 10.1. The van der Waals surface area contributed by atoms with Gasteiger partial charge in [-0.15, -0.1) is 0 Å². The molecule has 0 aliphatic heterocycles. The maximum Gasteiger partial charge on any atom is 0.365 e. The number of hydrogen-bond acceptors (Lipinski definition) is 12. The number of rotatable bonds is 13. The van der Waals surface area contributed by atoms with Crippen molar-refractivity contribution in [1.29, 1.82) is 0 Å². The van der Waals surface area contributed by atoms with Crippen LogP contribution in [0.15, 0.2) is 38.0 Å². The fourth-order valence-corrected chi connectivity index (χ4v) is 0.938. The quantitative estimate of drug-likeness (QED) is 0.196. The van der Waals surface area contributed by atoms with Crippen molar-refractivity contribution < 1.29 is 59.0 Å². The highest BCUT2D eigenvalue weighted by Gasteiger charge is 2.24. The van der Waals surface area contributed by atoms with Crippen LogP contribution in [0.2, 0.25) is 0 Å². The standard InChI is InChI=1S/C6H14O3.3C5H8O3/c1-2-6(3-7,4-8)5-9;3*1-3-5(6)8-7-4-2/h7-9H,2-5H2,1H3;3*3H,1,4H2,2H3. The van der Waals surface area contributed by atoms with E-state index in [2.05, 4.69) is 49.1 Å². The molecular weight excluding hydrogens is 444 g/mol. The highest BCUT2D eigenvalue weighted by atomic mass is 17.2. The van der Waals surface area contributed by atoms with E-state index in [1.165, 1.54) is 0 Å². The fourth-order valence-electron chi connectivity index (χ4n) is 0.938. The lowest BCUT2D eigenvalue weighted by atomic mass is 9.88. The molecule has 0 aliphatic rings. The molecule has 0 heterocycles. The molecule has 12 nitrogen and oxygen atoms in total. The third-order valence-electron chi connectivity index (χ3n) is 3.03. The Morgan fingerprint density at radius 1 is 0.636 bits per heavy atom. The van der Waals surface area contributed by atoms with E-state index in [9.17, 15) is 14.4 Å². The van der Waals surface area contributed by atoms with Crippen LogP contribution in [-0.2, 0) is 43.7 Å². The van der Waals surface area contributed by atoms with Crippen LogP contribution >= 0.6 is 0 Å². The Kier molecular flexibility index (Phi) is 33.6. The van der Waals surface area contributed by atoms with E-state index >= 15 is 0 Å². The number of aliphatic hydroxyl groups is 3. The molecule has 0 aromatic carbocycles. The molecule has 0 spiro atoms. The Morgan fingerprint density at radius 3 is 0.970 bits per heavy atom. The molecule has 33 heavy (non-hydrogen) atoms. The van der Waals surface area contributed by atoms with Crippen molar-refractivity contribution in [3.63, 3.8) is 0 Å². The van der Waals surface area contributed by atoms with Gasteiger partial charge in [0.1, 0.15) is 0 Å². The van der Waals surface area contributed by atoms with Crippen molar-refractivity contribution in [3.05, 3.63) is 38.0 Å². The number of carbonyl (C=O) groups is 3. The predicted molar refractivity (Wildman–Crippen MR) is 118 cm³/mol. The van der Waals surface area contributed by atoms with E-state index in [-0.39, 0.29) is 19.8 Å². The highest BCUT2D eigenvalue weighted by Crippen LogP contribution is 2.18. The van der Waals surface area contributed by atoms with Crippen molar-refractivity contribution in [2.24, 2.45) is 5.41 Å². The van der Waals surface area contributed by atoms with Crippen LogP contribution in [0.1, 0.15) is 34.1 Å². The van der Waals surface area contributed by atoms with Crippen molar-refractivity contribution in [3.8, 4) is 0 Å². The van der Waals surface area contributed by atoms with E-state index in [1.807, 2.05) is 6.92 Å². The molecule has 0 aromatic heterocycles. The molecule has 194 valence electrons. The summed E-state index contributed by atoms with van der Waals surface area (Å²) < 4.78 is 0. The van der Waals surface area contributed by atoms with Gasteiger partial charge in [-0.25, -0.2) is 14.4 Å². The molecule has 12 heteroatoms. The Labute approximate surface area is 194 Å². The van der Waals surface area contributed by atoms with E-state index in [4.69, 9.17) is 15.3 Å². The van der Waals surface area contributed by atoms with Crippen LogP contribution in [0.4, 0.5) is 0 Å². The average Bonchev–Trinajstić information content (AvgIpc) is 2.87. The molecule has 0 saturated heterocycles. The van der Waals surface area contributed by atoms with E-state index in [1.54, 1.807) is 20.8 Å². The molecular formula is C21H38O12. The molecule has 0 rings (SSSR count). The van der Waals surface area contributed by atoms with Gasteiger partial charge in [0.05, 0.1) is 39.6 Å². The Balaban J connectivity index is -0.000000170. The minimum Gasteiger partial charge on any atom is -0.396 e. The summed E-state index contributed by atoms with van der Waals surface area (Å²) in [7, 11) is 0. The van der Waals surface area contributed by atoms with Crippen LogP contribution in [0.3, 0.4) is 0 Å². The summed E-state index contributed by atoms with van der Waals surface area (Å²) in [6.07, 6.45) is 3.71. The molecule has 0 radical (unpaired) electrons. The second-order valence-corrected chi connectivity index (χ2v) is 5.37. The van der Waals surface area contributed by atoms with Gasteiger partial charge in [-0.05, 0) is 27.2 Å². The summed E-state index contributed by atoms with van der Waals surface area (Å²) in [6, 6.07) is 0. The topological polar surface area (TPSA) is 167 Å². The molecule has 0 fully saturated rings. The molecule has 0 atom stereocenters. The van der Waals surface area contributed by atoms with E-state index < -0.39 is 23.3 Å². The average molecular weight is 483 g/mol. The number of hydrogen-bond donors (Lipinski definition) is 3. The van der Waals surface area contributed by atoms with Crippen LogP contribution in [0.5, 0.6) is 0 Å². The molecule has 3 N–H and O–H groups in total. The van der Waals surface area contributed by atoms with Crippen molar-refractivity contribution in [2.45, 2.75) is 34.1 Å². The Morgan fingerprint density at radius 2 is 0.879 bits per heavy atom. The smallest absolute Gasteiger partial charge is 0.365 e. The Bertz CT molecular complexity index is 441.